The lowest BCUT2D eigenvalue weighted by Gasteiger charge is -2.09. The molecule has 0 aliphatic rings. The number of aromatic nitrogens is 1. The molecule has 1 aromatic heterocycles. The van der Waals surface area contributed by atoms with Crippen molar-refractivity contribution in [3.63, 3.8) is 0 Å². The molecule has 0 bridgehead atoms. The van der Waals surface area contributed by atoms with Crippen molar-refractivity contribution >= 4 is 34.4 Å². The summed E-state index contributed by atoms with van der Waals surface area (Å²) in [5.41, 5.74) is 1.63. The van der Waals surface area contributed by atoms with E-state index in [0.717, 1.165) is 17.3 Å². The molecule has 1 aromatic carbocycles. The Hall–Kier alpha value is -2.14. The van der Waals surface area contributed by atoms with Crippen molar-refractivity contribution in [3.8, 4) is 0 Å². The molecule has 2 aromatic rings. The van der Waals surface area contributed by atoms with Gasteiger partial charge in [0.05, 0.1) is 16.8 Å². The molecule has 0 radical (unpaired) electrons. The van der Waals surface area contributed by atoms with E-state index in [2.05, 4.69) is 24.1 Å². The highest BCUT2D eigenvalue weighted by molar-refractivity contribution is 6.31. The van der Waals surface area contributed by atoms with E-state index in [-0.39, 0.29) is 12.5 Å². The average Bonchev–Trinajstić information content (AvgIpc) is 2.52. The SMILES string of the molecule is Cc1nc2ccc(Cl)cc2cc1C(=O)OCC(=O)NCCC(C)C. The third kappa shape index (κ3) is 4.93. The van der Waals surface area contributed by atoms with E-state index in [1.807, 2.05) is 0 Å². The summed E-state index contributed by atoms with van der Waals surface area (Å²) in [6.07, 6.45) is 0.883. The van der Waals surface area contributed by atoms with E-state index in [4.69, 9.17) is 16.3 Å². The van der Waals surface area contributed by atoms with Crippen LogP contribution >= 0.6 is 11.6 Å². The average molecular weight is 349 g/mol. The van der Waals surface area contributed by atoms with Crippen molar-refractivity contribution in [1.29, 1.82) is 0 Å². The lowest BCUT2D eigenvalue weighted by atomic mass is 10.1. The zero-order chi connectivity index (χ0) is 17.7. The van der Waals surface area contributed by atoms with E-state index in [1.54, 1.807) is 31.2 Å². The monoisotopic (exact) mass is 348 g/mol. The van der Waals surface area contributed by atoms with Gasteiger partial charge in [0.1, 0.15) is 0 Å². The molecule has 6 heteroatoms. The topological polar surface area (TPSA) is 68.3 Å². The van der Waals surface area contributed by atoms with Crippen molar-refractivity contribution in [2.45, 2.75) is 27.2 Å². The van der Waals surface area contributed by atoms with Gasteiger partial charge in [-0.3, -0.25) is 9.78 Å². The predicted molar refractivity (Wildman–Crippen MR) is 94.2 cm³/mol. The molecule has 0 unspecified atom stereocenters. The number of fused-ring (bicyclic) bond motifs is 1. The van der Waals surface area contributed by atoms with Crippen LogP contribution in [0.5, 0.6) is 0 Å². The molecule has 0 atom stereocenters. The molecule has 0 saturated carbocycles. The van der Waals surface area contributed by atoms with E-state index in [1.165, 1.54) is 0 Å². The van der Waals surface area contributed by atoms with Gasteiger partial charge in [0.2, 0.25) is 0 Å². The fraction of sp³-hybridized carbons (Fsp3) is 0.389. The standard InChI is InChI=1S/C18H21ClN2O3/c1-11(2)6-7-20-17(22)10-24-18(23)15-9-13-8-14(19)4-5-16(13)21-12(15)3/h4-5,8-9,11H,6-7,10H2,1-3H3,(H,20,22). The normalized spacial score (nSPS) is 10.9. The van der Waals surface area contributed by atoms with Crippen LogP contribution < -0.4 is 5.32 Å². The van der Waals surface area contributed by atoms with Crippen molar-refractivity contribution in [2.75, 3.05) is 13.2 Å². The minimum atomic E-state index is -0.569. The zero-order valence-corrected chi connectivity index (χ0v) is 14.8. The first-order chi connectivity index (χ1) is 11.4. The Morgan fingerprint density at radius 3 is 2.75 bits per heavy atom. The maximum atomic E-state index is 12.2. The molecule has 24 heavy (non-hydrogen) atoms. The second-order valence-electron chi connectivity index (χ2n) is 6.07. The van der Waals surface area contributed by atoms with Gasteiger partial charge in [0.25, 0.3) is 5.91 Å². The predicted octanol–water partition coefficient (Wildman–Crippen LogP) is 3.52. The number of amides is 1. The minimum absolute atomic E-state index is 0.302. The number of hydrogen-bond donors (Lipinski definition) is 1. The zero-order valence-electron chi connectivity index (χ0n) is 14.1. The van der Waals surface area contributed by atoms with Crippen LogP contribution in [0.1, 0.15) is 36.3 Å². The molecule has 0 aliphatic carbocycles. The summed E-state index contributed by atoms with van der Waals surface area (Å²) in [6.45, 7) is 6.16. The van der Waals surface area contributed by atoms with Crippen LogP contribution in [0.25, 0.3) is 10.9 Å². The number of ether oxygens (including phenoxy) is 1. The molecule has 2 rings (SSSR count). The van der Waals surface area contributed by atoms with Crippen LogP contribution in [-0.2, 0) is 9.53 Å². The van der Waals surface area contributed by atoms with Gasteiger partial charge in [-0.2, -0.15) is 0 Å². The minimum Gasteiger partial charge on any atom is -0.452 e. The summed E-state index contributed by atoms with van der Waals surface area (Å²) in [5, 5.41) is 4.04. The lowest BCUT2D eigenvalue weighted by molar-refractivity contribution is -0.124. The van der Waals surface area contributed by atoms with Gasteiger partial charge in [0, 0.05) is 17.0 Å². The Morgan fingerprint density at radius 2 is 2.04 bits per heavy atom. The number of carbonyl (C=O) groups excluding carboxylic acids is 2. The smallest absolute Gasteiger partial charge is 0.340 e. The second-order valence-corrected chi connectivity index (χ2v) is 6.50. The molecule has 0 fully saturated rings. The Labute approximate surface area is 146 Å². The first-order valence-corrected chi connectivity index (χ1v) is 8.25. The summed E-state index contributed by atoms with van der Waals surface area (Å²) in [7, 11) is 0. The third-order valence-corrected chi connectivity index (χ3v) is 3.80. The van der Waals surface area contributed by atoms with Crippen molar-refractivity contribution in [1.82, 2.24) is 10.3 Å². The summed E-state index contributed by atoms with van der Waals surface area (Å²) in [4.78, 5) is 28.3. The highest BCUT2D eigenvalue weighted by atomic mass is 35.5. The van der Waals surface area contributed by atoms with E-state index >= 15 is 0 Å². The first kappa shape index (κ1) is 18.2. The maximum Gasteiger partial charge on any atom is 0.340 e. The van der Waals surface area contributed by atoms with Gasteiger partial charge in [-0.1, -0.05) is 25.4 Å². The first-order valence-electron chi connectivity index (χ1n) is 7.87. The number of nitrogens with zero attached hydrogens (tertiary/aromatic N) is 1. The number of halogens is 1. The number of nitrogens with one attached hydrogen (secondary N) is 1. The maximum absolute atomic E-state index is 12.2. The molecule has 0 aliphatic heterocycles. The summed E-state index contributed by atoms with van der Waals surface area (Å²) in [5.74, 6) is -0.370. The molecule has 0 saturated heterocycles. The largest absolute Gasteiger partial charge is 0.452 e. The molecule has 128 valence electrons. The molecular weight excluding hydrogens is 328 g/mol. The van der Waals surface area contributed by atoms with Crippen molar-refractivity contribution < 1.29 is 14.3 Å². The van der Waals surface area contributed by atoms with Gasteiger partial charge in [-0.05, 0) is 43.5 Å². The van der Waals surface area contributed by atoms with Crippen molar-refractivity contribution in [2.24, 2.45) is 5.92 Å². The number of benzene rings is 1. The fourth-order valence-electron chi connectivity index (χ4n) is 2.21. The summed E-state index contributed by atoms with van der Waals surface area (Å²) >= 11 is 5.97. The van der Waals surface area contributed by atoms with E-state index in [0.29, 0.717) is 28.7 Å². The lowest BCUT2D eigenvalue weighted by Crippen LogP contribution is -2.30. The number of rotatable bonds is 6. The Balaban J connectivity index is 2.00. The van der Waals surface area contributed by atoms with Gasteiger partial charge in [-0.25, -0.2) is 4.79 Å². The molecule has 1 amide bonds. The quantitative estimate of drug-likeness (QED) is 0.811. The van der Waals surface area contributed by atoms with Crippen LogP contribution in [0.4, 0.5) is 0 Å². The molecule has 5 nitrogen and oxygen atoms in total. The summed E-state index contributed by atoms with van der Waals surface area (Å²) in [6, 6.07) is 6.96. The van der Waals surface area contributed by atoms with Crippen LogP contribution in [0.15, 0.2) is 24.3 Å². The number of aryl methyl sites for hydroxylation is 1. The van der Waals surface area contributed by atoms with Crippen LogP contribution in [0, 0.1) is 12.8 Å². The summed E-state index contributed by atoms with van der Waals surface area (Å²) < 4.78 is 5.08. The van der Waals surface area contributed by atoms with Crippen LogP contribution in [0.2, 0.25) is 5.02 Å². The molecule has 0 spiro atoms. The fourth-order valence-corrected chi connectivity index (χ4v) is 2.39. The van der Waals surface area contributed by atoms with E-state index in [9.17, 15) is 9.59 Å². The van der Waals surface area contributed by atoms with Gasteiger partial charge in [0.15, 0.2) is 6.61 Å². The van der Waals surface area contributed by atoms with Crippen LogP contribution in [-0.4, -0.2) is 30.0 Å². The van der Waals surface area contributed by atoms with Gasteiger partial charge in [-0.15, -0.1) is 0 Å². The molecular formula is C18H21ClN2O3. The Bertz CT molecular complexity index is 759. The number of carbonyl (C=O) groups is 2. The third-order valence-electron chi connectivity index (χ3n) is 3.57. The highest BCUT2D eigenvalue weighted by Gasteiger charge is 2.15. The van der Waals surface area contributed by atoms with Gasteiger partial charge >= 0.3 is 5.97 Å². The van der Waals surface area contributed by atoms with Gasteiger partial charge < -0.3 is 10.1 Å². The molecule has 1 N–H and O–H groups in total. The van der Waals surface area contributed by atoms with E-state index < -0.39 is 5.97 Å². The molecule has 1 heterocycles. The number of esters is 1. The second kappa shape index (κ2) is 8.11. The highest BCUT2D eigenvalue weighted by Crippen LogP contribution is 2.21. The van der Waals surface area contributed by atoms with Crippen LogP contribution in [0.3, 0.4) is 0 Å². The Kier molecular flexibility index (Phi) is 6.15. The Morgan fingerprint density at radius 1 is 1.29 bits per heavy atom. The number of hydrogen-bond acceptors (Lipinski definition) is 4. The number of pyridine rings is 1. The van der Waals surface area contributed by atoms with Crippen molar-refractivity contribution in [3.05, 3.63) is 40.5 Å².